The molecular weight excluding hydrogens is 298 g/mol. The monoisotopic (exact) mass is 303 g/mol. The Morgan fingerprint density at radius 2 is 1.25 bits per heavy atom. The van der Waals surface area contributed by atoms with Crippen molar-refractivity contribution in [3.8, 4) is 0 Å². The average Bonchev–Trinajstić information content (AvgIpc) is 1.00. The van der Waals surface area contributed by atoms with E-state index in [1.807, 2.05) is 0 Å². The van der Waals surface area contributed by atoms with Crippen LogP contribution in [0, 0.1) is 0 Å². The SMILES string of the molecule is O=[Te+].[Co].[Mo]. The molecule has 0 aromatic heterocycles. The normalized spacial score (nSPS) is 1.00. The van der Waals surface area contributed by atoms with Gasteiger partial charge in [0.25, 0.3) is 0 Å². The molecule has 0 fully saturated rings. The van der Waals surface area contributed by atoms with Gasteiger partial charge in [-0.2, -0.15) is 0 Å². The van der Waals surface area contributed by atoms with E-state index in [0.29, 0.717) is 22.3 Å². The minimum Gasteiger partial charge on any atom is 0 e. The van der Waals surface area contributed by atoms with Gasteiger partial charge in [0, 0.05) is 37.8 Å². The van der Waals surface area contributed by atoms with Crippen LogP contribution in [0.4, 0.5) is 0 Å². The van der Waals surface area contributed by atoms with Crippen LogP contribution in [0.5, 0.6) is 0 Å². The van der Waals surface area contributed by atoms with Gasteiger partial charge < -0.3 is 0 Å². The van der Waals surface area contributed by atoms with Crippen LogP contribution in [-0.2, 0) is 40.9 Å². The van der Waals surface area contributed by atoms with Crippen molar-refractivity contribution in [2.24, 2.45) is 0 Å². The Kier molecular flexibility index (Phi) is 91.9. The maximum Gasteiger partial charge on any atom is 0 e. The molecule has 1 nitrogen and oxygen atoms in total. The zero-order valence-corrected chi connectivity index (χ0v) is 6.94. The van der Waals surface area contributed by atoms with Crippen LogP contribution in [0.1, 0.15) is 0 Å². The first-order chi connectivity index (χ1) is 1.00. The smallest absolute Gasteiger partial charge is 0 e. The summed E-state index contributed by atoms with van der Waals surface area (Å²) in [4.78, 5) is 0. The Hall–Kier alpha value is 1.78. The Labute approximate surface area is 62.6 Å². The van der Waals surface area contributed by atoms with Gasteiger partial charge in [0.2, 0.25) is 0 Å². The molecule has 0 N–H and O–H groups in total. The summed E-state index contributed by atoms with van der Waals surface area (Å²) < 4.78 is 8.26. The van der Waals surface area contributed by atoms with Crippen LogP contribution in [0.2, 0.25) is 0 Å². The molecule has 0 spiro atoms. The van der Waals surface area contributed by atoms with Crippen molar-refractivity contribution in [3.63, 3.8) is 0 Å². The molecule has 0 rings (SSSR count). The van der Waals surface area contributed by atoms with Gasteiger partial charge in [0.05, 0.1) is 0 Å². The second-order valence-corrected chi connectivity index (χ2v) is 0. The topological polar surface area (TPSA) is 17.1 Å². The average molecular weight is 298 g/mol. The fraction of sp³-hybridized carbons (Fsp3) is 0. The largest absolute Gasteiger partial charge is 0 e. The number of hydrogen-bond donors (Lipinski definition) is 0. The first-order valence-corrected chi connectivity index (χ1v) is 1.12. The van der Waals surface area contributed by atoms with Gasteiger partial charge in [-0.3, -0.25) is 0 Å². The molecule has 0 aliphatic rings. The minimum atomic E-state index is 0. The molecule has 0 saturated carbocycles. The van der Waals surface area contributed by atoms with Crippen LogP contribution in [0.15, 0.2) is 0 Å². The molecule has 4 heavy (non-hydrogen) atoms. The third-order valence-electron chi connectivity index (χ3n) is 0. The Morgan fingerprint density at radius 3 is 1.25 bits per heavy atom. The van der Waals surface area contributed by atoms with Crippen molar-refractivity contribution in [2.75, 3.05) is 0 Å². The van der Waals surface area contributed by atoms with Gasteiger partial charge in [0.15, 0.2) is 0 Å². The zero-order valence-electron chi connectivity index (χ0n) is 1.56. The van der Waals surface area contributed by atoms with Crippen LogP contribution in [0.25, 0.3) is 0 Å². The van der Waals surface area contributed by atoms with E-state index >= 15 is 0 Å². The Morgan fingerprint density at radius 1 is 1.25 bits per heavy atom. The van der Waals surface area contributed by atoms with E-state index in [9.17, 15) is 0 Å². The van der Waals surface area contributed by atoms with Gasteiger partial charge in [-0.05, 0) is 0 Å². The molecule has 0 saturated heterocycles. The summed E-state index contributed by atoms with van der Waals surface area (Å²) in [7, 11) is 0. The predicted octanol–water partition coefficient (Wildman–Crippen LogP) is -0.505. The maximum absolute atomic E-state index is 8.26. The molecule has 0 aliphatic heterocycles. The Bertz CT molecular complexity index is 8.00. The van der Waals surface area contributed by atoms with Crippen molar-refractivity contribution < 1.29 is 40.9 Å². The molecule has 0 atom stereocenters. The summed E-state index contributed by atoms with van der Waals surface area (Å²) in [6, 6.07) is 0. The molecular formula is CoMoOTe+. The summed E-state index contributed by atoms with van der Waals surface area (Å²) in [5.74, 6) is 0. The van der Waals surface area contributed by atoms with E-state index in [0.717, 1.165) is 0 Å². The van der Waals surface area contributed by atoms with Gasteiger partial charge >= 0.3 is 25.4 Å². The molecule has 0 bridgehead atoms. The number of rotatable bonds is 0. The van der Waals surface area contributed by atoms with Crippen molar-refractivity contribution >= 4 is 22.3 Å². The van der Waals surface area contributed by atoms with Gasteiger partial charge in [-0.15, -0.1) is 0 Å². The molecule has 26 valence electrons. The standard InChI is InChI=1S/Co.Mo.OTe/c;;1-2/q;;+1. The molecule has 2 radical (unpaired) electrons. The van der Waals surface area contributed by atoms with Gasteiger partial charge in [-0.1, -0.05) is 0 Å². The third kappa shape index (κ3) is 9.21. The molecule has 0 heterocycles. The molecule has 0 aromatic carbocycles. The Balaban J connectivity index is -0.00000000500. The molecule has 4 heteroatoms. The van der Waals surface area contributed by atoms with Crippen LogP contribution < -0.4 is 0 Å². The van der Waals surface area contributed by atoms with Crippen molar-refractivity contribution in [3.05, 3.63) is 0 Å². The first kappa shape index (κ1) is 17.1. The van der Waals surface area contributed by atoms with E-state index in [2.05, 4.69) is 0 Å². The van der Waals surface area contributed by atoms with Crippen LogP contribution in [-0.4, -0.2) is 22.3 Å². The summed E-state index contributed by atoms with van der Waals surface area (Å²) >= 11 is 0.700. The second-order valence-electron chi connectivity index (χ2n) is 0. The summed E-state index contributed by atoms with van der Waals surface area (Å²) in [5.41, 5.74) is 0. The van der Waals surface area contributed by atoms with Crippen molar-refractivity contribution in [1.82, 2.24) is 0 Å². The fourth-order valence-electron chi connectivity index (χ4n) is 0. The summed E-state index contributed by atoms with van der Waals surface area (Å²) in [5, 5.41) is 0. The number of hydrogen-bond acceptors (Lipinski definition) is 1. The van der Waals surface area contributed by atoms with Crippen LogP contribution >= 0.6 is 0 Å². The third-order valence-corrected chi connectivity index (χ3v) is 0. The first-order valence-electron chi connectivity index (χ1n) is 0.167. The second kappa shape index (κ2) is 21.5. The van der Waals surface area contributed by atoms with Crippen LogP contribution in [0.3, 0.4) is 0 Å². The predicted molar refractivity (Wildman–Crippen MR) is 6.44 cm³/mol. The summed E-state index contributed by atoms with van der Waals surface area (Å²) in [6.45, 7) is 0. The van der Waals surface area contributed by atoms with E-state index in [1.165, 1.54) is 0 Å². The maximum atomic E-state index is 8.26. The molecule has 0 aromatic rings. The fourth-order valence-corrected chi connectivity index (χ4v) is 0. The minimum absolute atomic E-state index is 0. The van der Waals surface area contributed by atoms with Gasteiger partial charge in [-0.25, -0.2) is 0 Å². The van der Waals surface area contributed by atoms with E-state index in [4.69, 9.17) is 3.10 Å². The van der Waals surface area contributed by atoms with Gasteiger partial charge in [0.1, 0.15) is 0 Å². The summed E-state index contributed by atoms with van der Waals surface area (Å²) in [6.07, 6.45) is 0. The van der Waals surface area contributed by atoms with Crippen molar-refractivity contribution in [2.45, 2.75) is 0 Å². The van der Waals surface area contributed by atoms with Crippen molar-refractivity contribution in [1.29, 1.82) is 0 Å². The molecule has 0 unspecified atom stereocenters. The molecule has 0 amide bonds. The van der Waals surface area contributed by atoms with E-state index in [1.54, 1.807) is 0 Å². The quantitative estimate of drug-likeness (QED) is 0.551. The zero-order chi connectivity index (χ0) is 2.00. The molecule has 0 aliphatic carbocycles. The van der Waals surface area contributed by atoms with E-state index in [-0.39, 0.29) is 37.8 Å². The van der Waals surface area contributed by atoms with E-state index < -0.39 is 0 Å².